The van der Waals surface area contributed by atoms with Crippen molar-refractivity contribution in [2.24, 2.45) is 0 Å². The number of hydrogen-bond donors (Lipinski definition) is 0. The number of hydrogen-bond acceptors (Lipinski definition) is 5. The van der Waals surface area contributed by atoms with Gasteiger partial charge in [-0.25, -0.2) is 0 Å². The molecule has 1 aromatic carbocycles. The van der Waals surface area contributed by atoms with Crippen LogP contribution in [0.2, 0.25) is 0 Å². The summed E-state index contributed by atoms with van der Waals surface area (Å²) in [5.41, 5.74) is 0.789. The SMILES string of the molecule is COc1ccc(-c2noc(C(=O)N3CCCCC3)n2)cc1. The molecule has 1 aromatic heterocycles. The van der Waals surface area contributed by atoms with Crippen LogP contribution < -0.4 is 4.74 Å². The number of carbonyl (C=O) groups excluding carboxylic acids is 1. The number of benzene rings is 1. The van der Waals surface area contributed by atoms with Gasteiger partial charge in [-0.3, -0.25) is 4.79 Å². The lowest BCUT2D eigenvalue weighted by Crippen LogP contribution is -2.35. The third kappa shape index (κ3) is 2.89. The Morgan fingerprint density at radius 1 is 1.19 bits per heavy atom. The van der Waals surface area contributed by atoms with Crippen molar-refractivity contribution >= 4 is 5.91 Å². The number of piperidine rings is 1. The van der Waals surface area contributed by atoms with Crippen molar-refractivity contribution in [3.63, 3.8) is 0 Å². The molecule has 0 saturated carbocycles. The van der Waals surface area contributed by atoms with E-state index in [-0.39, 0.29) is 11.8 Å². The van der Waals surface area contributed by atoms with Crippen LogP contribution in [0.1, 0.15) is 29.9 Å². The van der Waals surface area contributed by atoms with Gasteiger partial charge in [-0.05, 0) is 43.5 Å². The zero-order valence-corrected chi connectivity index (χ0v) is 11.9. The molecular formula is C15H17N3O3. The molecule has 0 atom stereocenters. The number of likely N-dealkylation sites (tertiary alicyclic amines) is 1. The second-order valence-corrected chi connectivity index (χ2v) is 5.00. The fraction of sp³-hybridized carbons (Fsp3) is 0.400. The molecule has 1 amide bonds. The molecule has 6 nitrogen and oxygen atoms in total. The maximum atomic E-state index is 12.3. The van der Waals surface area contributed by atoms with E-state index in [1.807, 2.05) is 24.3 Å². The summed E-state index contributed by atoms with van der Waals surface area (Å²) in [6.07, 6.45) is 3.24. The lowest BCUT2D eigenvalue weighted by molar-refractivity contribution is 0.0674. The number of ether oxygens (including phenoxy) is 1. The van der Waals surface area contributed by atoms with Crippen LogP contribution in [0.25, 0.3) is 11.4 Å². The summed E-state index contributed by atoms with van der Waals surface area (Å²) in [7, 11) is 1.61. The van der Waals surface area contributed by atoms with E-state index in [9.17, 15) is 4.79 Å². The van der Waals surface area contributed by atoms with Crippen molar-refractivity contribution < 1.29 is 14.1 Å². The molecule has 0 aliphatic carbocycles. The van der Waals surface area contributed by atoms with Gasteiger partial charge in [0.05, 0.1) is 7.11 Å². The minimum Gasteiger partial charge on any atom is -0.497 e. The molecule has 3 rings (SSSR count). The van der Waals surface area contributed by atoms with Gasteiger partial charge in [0.2, 0.25) is 5.82 Å². The van der Waals surface area contributed by atoms with E-state index in [2.05, 4.69) is 10.1 Å². The van der Waals surface area contributed by atoms with Crippen LogP contribution in [-0.4, -0.2) is 41.1 Å². The molecule has 0 spiro atoms. The second-order valence-electron chi connectivity index (χ2n) is 5.00. The van der Waals surface area contributed by atoms with Gasteiger partial charge in [0.15, 0.2) is 0 Å². The summed E-state index contributed by atoms with van der Waals surface area (Å²) in [5, 5.41) is 3.88. The van der Waals surface area contributed by atoms with Gasteiger partial charge in [-0.1, -0.05) is 5.16 Å². The van der Waals surface area contributed by atoms with Gasteiger partial charge < -0.3 is 14.2 Å². The molecular weight excluding hydrogens is 270 g/mol. The standard InChI is InChI=1S/C15H17N3O3/c1-20-12-7-5-11(6-8-12)13-16-14(21-17-13)15(19)18-9-3-2-4-10-18/h5-8H,2-4,9-10H2,1H3. The van der Waals surface area contributed by atoms with Crippen LogP contribution in [0.15, 0.2) is 28.8 Å². The Kier molecular flexibility index (Phi) is 3.85. The molecule has 6 heteroatoms. The molecule has 110 valence electrons. The smallest absolute Gasteiger partial charge is 0.316 e. The van der Waals surface area contributed by atoms with Crippen LogP contribution in [-0.2, 0) is 0 Å². The first-order valence-corrected chi connectivity index (χ1v) is 7.05. The molecule has 0 unspecified atom stereocenters. The summed E-state index contributed by atoms with van der Waals surface area (Å²) < 4.78 is 10.2. The molecule has 1 aliphatic heterocycles. The van der Waals surface area contributed by atoms with E-state index in [1.54, 1.807) is 12.0 Å². The maximum absolute atomic E-state index is 12.3. The number of carbonyl (C=O) groups is 1. The normalized spacial score (nSPS) is 15.0. The van der Waals surface area contributed by atoms with Crippen LogP contribution >= 0.6 is 0 Å². The van der Waals surface area contributed by atoms with Crippen LogP contribution in [0.3, 0.4) is 0 Å². The Morgan fingerprint density at radius 2 is 1.90 bits per heavy atom. The first-order valence-electron chi connectivity index (χ1n) is 7.05. The summed E-state index contributed by atoms with van der Waals surface area (Å²) >= 11 is 0. The quantitative estimate of drug-likeness (QED) is 0.867. The van der Waals surface area contributed by atoms with Crippen molar-refractivity contribution in [3.8, 4) is 17.1 Å². The molecule has 1 saturated heterocycles. The predicted octanol–water partition coefficient (Wildman–Crippen LogP) is 2.37. The van der Waals surface area contributed by atoms with E-state index >= 15 is 0 Å². The average molecular weight is 287 g/mol. The zero-order valence-electron chi connectivity index (χ0n) is 11.9. The molecule has 1 fully saturated rings. The van der Waals surface area contributed by atoms with Crippen molar-refractivity contribution in [2.45, 2.75) is 19.3 Å². The minimum absolute atomic E-state index is 0.0581. The lowest BCUT2D eigenvalue weighted by Gasteiger charge is -2.24. The van der Waals surface area contributed by atoms with Gasteiger partial charge in [-0.15, -0.1) is 0 Å². The number of aromatic nitrogens is 2. The fourth-order valence-corrected chi connectivity index (χ4v) is 2.40. The van der Waals surface area contributed by atoms with Gasteiger partial charge in [0.25, 0.3) is 0 Å². The van der Waals surface area contributed by atoms with Crippen molar-refractivity contribution in [3.05, 3.63) is 30.2 Å². The van der Waals surface area contributed by atoms with Gasteiger partial charge in [-0.2, -0.15) is 4.98 Å². The number of amides is 1. The summed E-state index contributed by atoms with van der Waals surface area (Å²) in [5.74, 6) is 1.05. The zero-order chi connectivity index (χ0) is 14.7. The van der Waals surface area contributed by atoms with Crippen LogP contribution in [0.5, 0.6) is 5.75 Å². The topological polar surface area (TPSA) is 68.5 Å². The summed E-state index contributed by atoms with van der Waals surface area (Å²) in [4.78, 5) is 18.2. The van der Waals surface area contributed by atoms with Gasteiger partial charge >= 0.3 is 11.8 Å². The van der Waals surface area contributed by atoms with E-state index in [1.165, 1.54) is 6.42 Å². The molecule has 1 aliphatic rings. The number of methoxy groups -OCH3 is 1. The van der Waals surface area contributed by atoms with Gasteiger partial charge in [0, 0.05) is 18.7 Å². The highest BCUT2D eigenvalue weighted by molar-refractivity contribution is 5.90. The van der Waals surface area contributed by atoms with Crippen LogP contribution in [0, 0.1) is 0 Å². The third-order valence-corrected chi connectivity index (χ3v) is 3.60. The predicted molar refractivity (Wildman–Crippen MR) is 76.0 cm³/mol. The Labute approximate surface area is 122 Å². The molecule has 0 radical (unpaired) electrons. The summed E-state index contributed by atoms with van der Waals surface area (Å²) in [6, 6.07) is 7.30. The minimum atomic E-state index is -0.179. The highest BCUT2D eigenvalue weighted by Gasteiger charge is 2.23. The van der Waals surface area contributed by atoms with Crippen molar-refractivity contribution in [2.75, 3.05) is 20.2 Å². The monoisotopic (exact) mass is 287 g/mol. The molecule has 0 N–H and O–H groups in total. The van der Waals surface area contributed by atoms with E-state index in [4.69, 9.17) is 9.26 Å². The van der Waals surface area contributed by atoms with Crippen LogP contribution in [0.4, 0.5) is 0 Å². The molecule has 2 heterocycles. The Bertz CT molecular complexity index is 615. The van der Waals surface area contributed by atoms with E-state index in [0.717, 1.165) is 37.2 Å². The first kappa shape index (κ1) is 13.6. The highest BCUT2D eigenvalue weighted by Crippen LogP contribution is 2.20. The molecule has 0 bridgehead atoms. The second kappa shape index (κ2) is 5.95. The average Bonchev–Trinajstić information content (AvgIpc) is 3.05. The van der Waals surface area contributed by atoms with Crippen molar-refractivity contribution in [1.29, 1.82) is 0 Å². The maximum Gasteiger partial charge on any atom is 0.316 e. The molecule has 21 heavy (non-hydrogen) atoms. The van der Waals surface area contributed by atoms with E-state index < -0.39 is 0 Å². The highest BCUT2D eigenvalue weighted by atomic mass is 16.5. The van der Waals surface area contributed by atoms with Gasteiger partial charge in [0.1, 0.15) is 5.75 Å². The van der Waals surface area contributed by atoms with Crippen molar-refractivity contribution in [1.82, 2.24) is 15.0 Å². The lowest BCUT2D eigenvalue weighted by atomic mass is 10.1. The Balaban J connectivity index is 1.77. The number of nitrogens with zero attached hydrogens (tertiary/aromatic N) is 3. The number of rotatable bonds is 3. The fourth-order valence-electron chi connectivity index (χ4n) is 2.40. The third-order valence-electron chi connectivity index (χ3n) is 3.60. The largest absolute Gasteiger partial charge is 0.497 e. The Hall–Kier alpha value is -2.37. The van der Waals surface area contributed by atoms with E-state index in [0.29, 0.717) is 5.82 Å². The first-order chi connectivity index (χ1) is 10.3. The molecule has 2 aromatic rings. The Morgan fingerprint density at radius 3 is 2.57 bits per heavy atom. The summed E-state index contributed by atoms with van der Waals surface area (Å²) in [6.45, 7) is 1.53.